The lowest BCUT2D eigenvalue weighted by Crippen LogP contribution is -2.33. The highest BCUT2D eigenvalue weighted by Crippen LogP contribution is 2.46. The Labute approximate surface area is 167 Å². The molecular weight excluding hydrogens is 364 g/mol. The van der Waals surface area contributed by atoms with Gasteiger partial charge in [0.25, 0.3) is 5.92 Å². The molecule has 0 spiro atoms. The minimum absolute atomic E-state index is 0.0427. The normalized spacial score (nSPS) is 29.1. The number of rotatable bonds is 6. The summed E-state index contributed by atoms with van der Waals surface area (Å²) in [4.78, 5) is 0. The van der Waals surface area contributed by atoms with Crippen LogP contribution in [0.25, 0.3) is 0 Å². The van der Waals surface area contributed by atoms with Crippen molar-refractivity contribution in [1.82, 2.24) is 0 Å². The highest BCUT2D eigenvalue weighted by Gasteiger charge is 2.41. The van der Waals surface area contributed by atoms with Crippen molar-refractivity contribution in [1.29, 1.82) is 0 Å². The van der Waals surface area contributed by atoms with Crippen LogP contribution in [-0.2, 0) is 6.42 Å². The van der Waals surface area contributed by atoms with Crippen LogP contribution in [0.1, 0.15) is 82.3 Å². The number of hydrogen-bond acceptors (Lipinski definition) is 0. The predicted molar refractivity (Wildman–Crippen MR) is 106 cm³/mol. The van der Waals surface area contributed by atoms with Gasteiger partial charge in [-0.3, -0.25) is 0 Å². The van der Waals surface area contributed by atoms with Gasteiger partial charge in [-0.25, -0.2) is 17.6 Å². The quantitative estimate of drug-likeness (QED) is 0.428. The molecule has 0 unspecified atom stereocenters. The third-order valence-electron chi connectivity index (χ3n) is 7.58. The summed E-state index contributed by atoms with van der Waals surface area (Å²) in [7, 11) is 0. The summed E-state index contributed by atoms with van der Waals surface area (Å²) in [6, 6.07) is 3.37. The number of halogens is 4. The molecular formula is C24H34F4. The van der Waals surface area contributed by atoms with Crippen LogP contribution in [0.2, 0.25) is 0 Å². The Bertz CT molecular complexity index is 638. The second-order valence-corrected chi connectivity index (χ2v) is 9.22. The number of hydrogen-bond donors (Lipinski definition) is 0. The lowest BCUT2D eigenvalue weighted by Gasteiger charge is -2.39. The van der Waals surface area contributed by atoms with Crippen LogP contribution >= 0.6 is 0 Å². The molecule has 0 radical (unpaired) electrons. The van der Waals surface area contributed by atoms with Gasteiger partial charge >= 0.3 is 0 Å². The first kappa shape index (κ1) is 21.6. The average molecular weight is 399 g/mol. The second-order valence-electron chi connectivity index (χ2n) is 9.22. The third-order valence-corrected chi connectivity index (χ3v) is 7.58. The van der Waals surface area contributed by atoms with E-state index in [1.54, 1.807) is 26.0 Å². The standard InChI is InChI=1S/C24H34F4/c1-3-24(27,28)21-14-12-19(13-15-21)18-9-5-17(6-10-18)7-11-20-8-4-16(2)22(25)23(20)26/h4,8,17-19,21H,3,5-7,9-15H2,1-2H3. The summed E-state index contributed by atoms with van der Waals surface area (Å²) in [5.74, 6) is -2.47. The lowest BCUT2D eigenvalue weighted by atomic mass is 9.67. The molecule has 4 heteroatoms. The minimum atomic E-state index is -2.49. The van der Waals surface area contributed by atoms with Crippen molar-refractivity contribution in [2.75, 3.05) is 0 Å². The first-order valence-electron chi connectivity index (χ1n) is 11.1. The van der Waals surface area contributed by atoms with E-state index in [1.165, 1.54) is 0 Å². The van der Waals surface area contributed by atoms with Gasteiger partial charge in [0, 0.05) is 12.3 Å². The number of benzene rings is 1. The molecule has 0 bridgehead atoms. The highest BCUT2D eigenvalue weighted by atomic mass is 19.3. The van der Waals surface area contributed by atoms with Crippen molar-refractivity contribution in [2.24, 2.45) is 23.7 Å². The Morgan fingerprint density at radius 2 is 1.43 bits per heavy atom. The van der Waals surface area contributed by atoms with Crippen LogP contribution in [0, 0.1) is 42.2 Å². The molecule has 0 heterocycles. The fraction of sp³-hybridized carbons (Fsp3) is 0.750. The summed E-state index contributed by atoms with van der Waals surface area (Å²) >= 11 is 0. The zero-order valence-corrected chi connectivity index (χ0v) is 17.3. The smallest absolute Gasteiger partial charge is 0.207 e. The Hall–Kier alpha value is -1.06. The minimum Gasteiger partial charge on any atom is -0.207 e. The van der Waals surface area contributed by atoms with Gasteiger partial charge in [0.05, 0.1) is 0 Å². The van der Waals surface area contributed by atoms with Gasteiger partial charge < -0.3 is 0 Å². The van der Waals surface area contributed by atoms with Crippen molar-refractivity contribution in [3.8, 4) is 0 Å². The molecule has 28 heavy (non-hydrogen) atoms. The molecule has 0 aliphatic heterocycles. The van der Waals surface area contributed by atoms with Crippen molar-refractivity contribution in [3.05, 3.63) is 34.9 Å². The SMILES string of the molecule is CCC(F)(F)C1CCC(C2CCC(CCc3ccc(C)c(F)c3F)CC2)CC1. The van der Waals surface area contributed by atoms with E-state index >= 15 is 0 Å². The molecule has 0 saturated heterocycles. The molecule has 1 aromatic rings. The van der Waals surface area contributed by atoms with E-state index in [4.69, 9.17) is 0 Å². The predicted octanol–water partition coefficient (Wildman–Crippen LogP) is 7.86. The molecule has 0 aromatic heterocycles. The Kier molecular flexibility index (Phi) is 7.09. The largest absolute Gasteiger partial charge is 0.250 e. The molecule has 2 aliphatic rings. The molecule has 2 fully saturated rings. The van der Waals surface area contributed by atoms with Crippen molar-refractivity contribution < 1.29 is 17.6 Å². The van der Waals surface area contributed by atoms with E-state index in [2.05, 4.69) is 0 Å². The molecule has 0 N–H and O–H groups in total. The molecule has 158 valence electrons. The van der Waals surface area contributed by atoms with Gasteiger partial charge in [-0.15, -0.1) is 0 Å². The van der Waals surface area contributed by atoms with E-state index in [-0.39, 0.29) is 6.42 Å². The van der Waals surface area contributed by atoms with Crippen LogP contribution in [0.15, 0.2) is 12.1 Å². The van der Waals surface area contributed by atoms with E-state index in [9.17, 15) is 17.6 Å². The van der Waals surface area contributed by atoms with E-state index < -0.39 is 23.5 Å². The molecule has 0 amide bonds. The van der Waals surface area contributed by atoms with Crippen molar-refractivity contribution in [3.63, 3.8) is 0 Å². The average Bonchev–Trinajstić information content (AvgIpc) is 2.72. The topological polar surface area (TPSA) is 0 Å². The fourth-order valence-corrected chi connectivity index (χ4v) is 5.49. The van der Waals surface area contributed by atoms with Crippen molar-refractivity contribution in [2.45, 2.75) is 90.4 Å². The van der Waals surface area contributed by atoms with Crippen LogP contribution in [-0.4, -0.2) is 5.92 Å². The van der Waals surface area contributed by atoms with Gasteiger partial charge in [0.1, 0.15) is 0 Å². The monoisotopic (exact) mass is 398 g/mol. The van der Waals surface area contributed by atoms with Crippen LogP contribution in [0.4, 0.5) is 17.6 Å². The van der Waals surface area contributed by atoms with Gasteiger partial charge in [-0.1, -0.05) is 31.9 Å². The lowest BCUT2D eigenvalue weighted by molar-refractivity contribution is -0.0809. The molecule has 0 atom stereocenters. The summed E-state index contributed by atoms with van der Waals surface area (Å²) in [6.07, 6.45) is 9.28. The first-order valence-corrected chi connectivity index (χ1v) is 11.1. The number of alkyl halides is 2. The third kappa shape index (κ3) is 4.91. The maximum absolute atomic E-state index is 14.0. The molecule has 0 nitrogen and oxygen atoms in total. The molecule has 3 rings (SSSR count). The van der Waals surface area contributed by atoms with Crippen molar-refractivity contribution >= 4 is 0 Å². The molecule has 2 aliphatic carbocycles. The van der Waals surface area contributed by atoms with Crippen LogP contribution in [0.5, 0.6) is 0 Å². The van der Waals surface area contributed by atoms with Gasteiger partial charge in [-0.2, -0.15) is 0 Å². The number of aryl methyl sites for hydroxylation is 2. The fourth-order valence-electron chi connectivity index (χ4n) is 5.49. The molecule has 2 saturated carbocycles. The van der Waals surface area contributed by atoms with E-state index in [0.717, 1.165) is 44.9 Å². The summed E-state index contributed by atoms with van der Waals surface area (Å²) in [5, 5.41) is 0. The Morgan fingerprint density at radius 1 is 0.857 bits per heavy atom. The Morgan fingerprint density at radius 3 is 2.00 bits per heavy atom. The van der Waals surface area contributed by atoms with Gasteiger partial charge in [-0.05, 0) is 87.2 Å². The highest BCUT2D eigenvalue weighted by molar-refractivity contribution is 5.25. The Balaban J connectivity index is 1.42. The zero-order chi connectivity index (χ0) is 20.3. The van der Waals surface area contributed by atoms with E-state index in [1.807, 2.05) is 0 Å². The summed E-state index contributed by atoms with van der Waals surface area (Å²) < 4.78 is 55.6. The second kappa shape index (κ2) is 9.17. The first-order chi connectivity index (χ1) is 13.3. The van der Waals surface area contributed by atoms with Gasteiger partial charge in [0.2, 0.25) is 0 Å². The van der Waals surface area contributed by atoms with Gasteiger partial charge in [0.15, 0.2) is 11.6 Å². The molecule has 1 aromatic carbocycles. The van der Waals surface area contributed by atoms with E-state index in [0.29, 0.717) is 48.1 Å². The zero-order valence-electron chi connectivity index (χ0n) is 17.3. The van der Waals surface area contributed by atoms with Crippen LogP contribution < -0.4 is 0 Å². The summed E-state index contributed by atoms with van der Waals surface area (Å²) in [6.45, 7) is 3.17. The maximum Gasteiger partial charge on any atom is 0.250 e. The maximum atomic E-state index is 14.0. The summed E-state index contributed by atoms with van der Waals surface area (Å²) in [5.41, 5.74) is 0.841. The van der Waals surface area contributed by atoms with Crippen LogP contribution in [0.3, 0.4) is 0 Å².